The molecule has 1 heterocycles. The Labute approximate surface area is 130 Å². The van der Waals surface area contributed by atoms with Crippen molar-refractivity contribution in [3.63, 3.8) is 0 Å². The summed E-state index contributed by atoms with van der Waals surface area (Å²) >= 11 is 14.5. The Morgan fingerprint density at radius 1 is 1.42 bits per heavy atom. The number of halogens is 2. The number of carbonyl (C=O) groups is 1. The summed E-state index contributed by atoms with van der Waals surface area (Å²) in [5.41, 5.74) is 1.13. The molecule has 0 fully saturated rings. The van der Waals surface area contributed by atoms with E-state index in [-0.39, 0.29) is 5.12 Å². The molecule has 0 aromatic heterocycles. The largest absolute Gasteiger partial charge is 0.279 e. The van der Waals surface area contributed by atoms with Gasteiger partial charge in [0.2, 0.25) is 5.12 Å². The molecule has 1 aromatic rings. The highest BCUT2D eigenvalue weighted by molar-refractivity contribution is 8.45. The summed E-state index contributed by atoms with van der Waals surface area (Å²) in [6, 6.07) is 5.13. The average Bonchev–Trinajstić information content (AvgIpc) is 2.71. The minimum atomic E-state index is -0.0717. The molecule has 0 bridgehead atoms. The summed E-state index contributed by atoms with van der Waals surface area (Å²) in [5, 5.41) is 0.989. The Bertz CT molecular complexity index is 596. The molecule has 0 unspecified atom stereocenters. The average molecular weight is 330 g/mol. The monoisotopic (exact) mass is 329 g/mol. The lowest BCUT2D eigenvalue weighted by atomic mass is 10.2. The van der Waals surface area contributed by atoms with Crippen molar-refractivity contribution in [1.29, 1.82) is 0 Å². The van der Waals surface area contributed by atoms with E-state index in [0.717, 1.165) is 27.5 Å². The van der Waals surface area contributed by atoms with Crippen molar-refractivity contribution in [2.75, 3.05) is 5.75 Å². The fourth-order valence-electron chi connectivity index (χ4n) is 1.35. The van der Waals surface area contributed by atoms with Gasteiger partial charge in [-0.3, -0.25) is 4.79 Å². The summed E-state index contributed by atoms with van der Waals surface area (Å²) in [6.45, 7) is 3.63. The molecule has 6 heteroatoms. The highest BCUT2D eigenvalue weighted by Crippen LogP contribution is 2.32. The van der Waals surface area contributed by atoms with E-state index in [1.54, 1.807) is 30.4 Å². The van der Waals surface area contributed by atoms with Crippen LogP contribution in [0.2, 0.25) is 10.0 Å². The Morgan fingerprint density at radius 2 is 2.21 bits per heavy atom. The fourth-order valence-corrected chi connectivity index (χ4v) is 3.41. The summed E-state index contributed by atoms with van der Waals surface area (Å²) < 4.78 is 0.737. The smallest absolute Gasteiger partial charge is 0.244 e. The number of benzene rings is 1. The van der Waals surface area contributed by atoms with Gasteiger partial charge in [-0.05, 0) is 35.5 Å². The lowest BCUT2D eigenvalue weighted by Gasteiger charge is -1.99. The molecule has 2 nitrogen and oxygen atoms in total. The van der Waals surface area contributed by atoms with Gasteiger partial charge in [0.25, 0.3) is 0 Å². The summed E-state index contributed by atoms with van der Waals surface area (Å²) in [6.07, 6.45) is 3.45. The predicted octanol–water partition coefficient (Wildman–Crippen LogP) is 4.88. The normalized spacial score (nSPS) is 16.8. The first-order valence-corrected chi connectivity index (χ1v) is 7.87. The van der Waals surface area contributed by atoms with E-state index in [2.05, 4.69) is 11.6 Å². The molecule has 2 rings (SSSR count). The summed E-state index contributed by atoms with van der Waals surface area (Å²) in [7, 11) is 0. The van der Waals surface area contributed by atoms with Crippen LogP contribution in [0.4, 0.5) is 0 Å². The molecule has 0 saturated heterocycles. The van der Waals surface area contributed by atoms with Crippen molar-refractivity contribution in [3.8, 4) is 0 Å². The van der Waals surface area contributed by atoms with Crippen molar-refractivity contribution < 1.29 is 4.79 Å². The molecule has 98 valence electrons. The quantitative estimate of drug-likeness (QED) is 0.584. The van der Waals surface area contributed by atoms with E-state index in [1.165, 1.54) is 11.8 Å². The van der Waals surface area contributed by atoms with Gasteiger partial charge >= 0.3 is 0 Å². The van der Waals surface area contributed by atoms with Crippen molar-refractivity contribution >= 4 is 62.3 Å². The first-order valence-electron chi connectivity index (χ1n) is 5.31. The third kappa shape index (κ3) is 3.89. The van der Waals surface area contributed by atoms with E-state index in [9.17, 15) is 4.79 Å². The van der Waals surface area contributed by atoms with Gasteiger partial charge < -0.3 is 0 Å². The van der Waals surface area contributed by atoms with E-state index >= 15 is 0 Å². The molecule has 0 aliphatic carbocycles. The maximum absolute atomic E-state index is 11.8. The van der Waals surface area contributed by atoms with E-state index in [0.29, 0.717) is 15.7 Å². The molecular weight excluding hydrogens is 321 g/mol. The zero-order valence-corrected chi connectivity index (χ0v) is 12.9. The fraction of sp³-hybridized carbons (Fsp3) is 0.0769. The van der Waals surface area contributed by atoms with Crippen LogP contribution in [0.3, 0.4) is 0 Å². The first-order chi connectivity index (χ1) is 9.10. The third-order valence-corrected chi connectivity index (χ3v) is 4.75. The number of thioether (sulfide) groups is 2. The van der Waals surface area contributed by atoms with E-state index in [1.807, 2.05) is 0 Å². The summed E-state index contributed by atoms with van der Waals surface area (Å²) in [4.78, 5) is 16.1. The van der Waals surface area contributed by atoms with Crippen LogP contribution in [0.1, 0.15) is 5.56 Å². The van der Waals surface area contributed by atoms with Crippen LogP contribution in [0, 0.1) is 0 Å². The Hall–Kier alpha value is -0.680. The number of rotatable bonds is 3. The first kappa shape index (κ1) is 14.7. The molecule has 0 amide bonds. The molecule has 0 saturated carbocycles. The van der Waals surface area contributed by atoms with Crippen LogP contribution in [0.15, 0.2) is 41.5 Å². The molecule has 0 radical (unpaired) electrons. The zero-order valence-electron chi connectivity index (χ0n) is 9.73. The topological polar surface area (TPSA) is 29.4 Å². The maximum atomic E-state index is 11.8. The van der Waals surface area contributed by atoms with Gasteiger partial charge in [0.15, 0.2) is 0 Å². The van der Waals surface area contributed by atoms with Crippen molar-refractivity contribution in [1.82, 2.24) is 0 Å². The number of nitrogens with zero attached hydrogens (tertiary/aromatic N) is 1. The molecule has 19 heavy (non-hydrogen) atoms. The van der Waals surface area contributed by atoms with Crippen LogP contribution >= 0.6 is 46.7 Å². The highest BCUT2D eigenvalue weighted by atomic mass is 35.5. The number of hydrogen-bond donors (Lipinski definition) is 0. The second kappa shape index (κ2) is 6.66. The van der Waals surface area contributed by atoms with Crippen molar-refractivity contribution in [2.45, 2.75) is 0 Å². The van der Waals surface area contributed by atoms with Gasteiger partial charge in [-0.15, -0.1) is 6.58 Å². The standard InChI is InChI=1S/C13H9Cl2NOS2/c1-2-5-18-13-16-11(12(17)19-13)6-8-3-4-9(14)7-10(8)15/h2-4,6-7H,1,5H2. The van der Waals surface area contributed by atoms with Gasteiger partial charge in [-0.25, -0.2) is 4.99 Å². The number of aliphatic imine (C=N–C) groups is 1. The molecule has 1 aromatic carbocycles. The maximum Gasteiger partial charge on any atom is 0.244 e. The van der Waals surface area contributed by atoms with Gasteiger partial charge in [0.05, 0.1) is 0 Å². The Morgan fingerprint density at radius 3 is 2.89 bits per heavy atom. The lowest BCUT2D eigenvalue weighted by molar-refractivity contribution is -0.107. The second-order valence-electron chi connectivity index (χ2n) is 3.56. The van der Waals surface area contributed by atoms with Crippen LogP contribution in [-0.2, 0) is 4.79 Å². The van der Waals surface area contributed by atoms with E-state index < -0.39 is 0 Å². The molecule has 0 spiro atoms. The number of hydrogen-bond acceptors (Lipinski definition) is 4. The van der Waals surface area contributed by atoms with Gasteiger partial charge in [0.1, 0.15) is 10.1 Å². The zero-order chi connectivity index (χ0) is 13.8. The Balaban J connectivity index is 2.25. The predicted molar refractivity (Wildman–Crippen MR) is 87.1 cm³/mol. The van der Waals surface area contributed by atoms with Crippen molar-refractivity contribution in [2.24, 2.45) is 4.99 Å². The molecule has 1 aliphatic heterocycles. The Kier molecular flexibility index (Phi) is 5.16. The van der Waals surface area contributed by atoms with Gasteiger partial charge in [-0.1, -0.05) is 47.1 Å². The molecular formula is C13H9Cl2NOS2. The van der Waals surface area contributed by atoms with Crippen LogP contribution in [0.5, 0.6) is 0 Å². The highest BCUT2D eigenvalue weighted by Gasteiger charge is 2.22. The molecule has 1 aliphatic rings. The third-order valence-electron chi connectivity index (χ3n) is 2.18. The number of carbonyl (C=O) groups excluding carboxylic acids is 1. The lowest BCUT2D eigenvalue weighted by Crippen LogP contribution is -1.88. The van der Waals surface area contributed by atoms with Gasteiger partial charge in [0, 0.05) is 15.8 Å². The molecule has 0 N–H and O–H groups in total. The van der Waals surface area contributed by atoms with Crippen molar-refractivity contribution in [3.05, 3.63) is 52.2 Å². The second-order valence-corrected chi connectivity index (χ2v) is 6.63. The van der Waals surface area contributed by atoms with E-state index in [4.69, 9.17) is 23.2 Å². The SMILES string of the molecule is C=CCSC1=NC(=Cc2ccc(Cl)cc2Cl)C(=O)S1. The molecule has 0 atom stereocenters. The minimum absolute atomic E-state index is 0.0717. The minimum Gasteiger partial charge on any atom is -0.279 e. The van der Waals surface area contributed by atoms with Crippen LogP contribution in [-0.4, -0.2) is 15.2 Å². The van der Waals surface area contributed by atoms with Crippen LogP contribution in [0.25, 0.3) is 6.08 Å². The summed E-state index contributed by atoms with van der Waals surface area (Å²) in [5.74, 6) is 0.730. The van der Waals surface area contributed by atoms with Crippen LogP contribution < -0.4 is 0 Å². The van der Waals surface area contributed by atoms with Gasteiger partial charge in [-0.2, -0.15) is 0 Å².